The molecule has 0 radical (unpaired) electrons. The predicted molar refractivity (Wildman–Crippen MR) is 98.6 cm³/mol. The molecule has 1 heterocycles. The predicted octanol–water partition coefficient (Wildman–Crippen LogP) is 3.72. The Hall–Kier alpha value is -2.27. The zero-order valence-corrected chi connectivity index (χ0v) is 14.4. The zero-order valence-electron chi connectivity index (χ0n) is 13.6. The van der Waals surface area contributed by atoms with Gasteiger partial charge in [-0.15, -0.1) is 11.8 Å². The lowest BCUT2D eigenvalue weighted by Crippen LogP contribution is -2.36. The highest BCUT2D eigenvalue weighted by Gasteiger charge is 2.22. The van der Waals surface area contributed by atoms with Crippen LogP contribution in [0, 0.1) is 0 Å². The molecule has 0 aromatic heterocycles. The molecule has 1 aliphatic rings. The number of carbonyl (C=O) groups is 2. The van der Waals surface area contributed by atoms with E-state index in [1.165, 1.54) is 24.2 Å². The molecule has 2 aromatic carbocycles. The van der Waals surface area contributed by atoms with Crippen LogP contribution in [0.3, 0.4) is 0 Å². The second-order valence-electron chi connectivity index (χ2n) is 5.74. The number of aryl methyl sites for hydroxylation is 1. The first kappa shape index (κ1) is 16.6. The molecule has 1 aliphatic heterocycles. The summed E-state index contributed by atoms with van der Waals surface area (Å²) in [6, 6.07) is 15.7. The van der Waals surface area contributed by atoms with E-state index in [0.717, 1.165) is 35.7 Å². The second-order valence-corrected chi connectivity index (χ2v) is 6.76. The SMILES string of the molecule is CC(=O)Nc1ccccc1SCC(=O)N1CCCc2ccccc21. The van der Waals surface area contributed by atoms with Crippen LogP contribution < -0.4 is 10.2 Å². The molecule has 0 fully saturated rings. The van der Waals surface area contributed by atoms with Crippen molar-refractivity contribution in [1.29, 1.82) is 0 Å². The number of nitrogens with one attached hydrogen (secondary N) is 1. The lowest BCUT2D eigenvalue weighted by atomic mass is 10.0. The van der Waals surface area contributed by atoms with Gasteiger partial charge >= 0.3 is 0 Å². The number of rotatable bonds is 4. The van der Waals surface area contributed by atoms with Crippen molar-refractivity contribution in [3.63, 3.8) is 0 Å². The first-order valence-corrected chi connectivity index (χ1v) is 9.01. The molecule has 2 aromatic rings. The van der Waals surface area contributed by atoms with Gasteiger partial charge in [0.2, 0.25) is 11.8 Å². The third kappa shape index (κ3) is 3.79. The highest BCUT2D eigenvalue weighted by Crippen LogP contribution is 2.30. The van der Waals surface area contributed by atoms with Gasteiger partial charge in [-0.1, -0.05) is 30.3 Å². The molecular weight excluding hydrogens is 320 g/mol. The number of carbonyl (C=O) groups excluding carboxylic acids is 2. The Bertz CT molecular complexity index is 761. The third-order valence-electron chi connectivity index (χ3n) is 3.96. The summed E-state index contributed by atoms with van der Waals surface area (Å²) < 4.78 is 0. The quantitative estimate of drug-likeness (QED) is 0.863. The van der Waals surface area contributed by atoms with Crippen molar-refractivity contribution in [3.8, 4) is 0 Å². The monoisotopic (exact) mass is 340 g/mol. The summed E-state index contributed by atoms with van der Waals surface area (Å²) >= 11 is 1.46. The fourth-order valence-electron chi connectivity index (χ4n) is 2.90. The molecule has 1 N–H and O–H groups in total. The van der Waals surface area contributed by atoms with Gasteiger partial charge in [-0.2, -0.15) is 0 Å². The molecule has 0 spiro atoms. The van der Waals surface area contributed by atoms with Gasteiger partial charge in [0.15, 0.2) is 0 Å². The van der Waals surface area contributed by atoms with Gasteiger partial charge in [0.05, 0.1) is 11.4 Å². The van der Waals surface area contributed by atoms with E-state index in [9.17, 15) is 9.59 Å². The molecule has 0 bridgehead atoms. The summed E-state index contributed by atoms with van der Waals surface area (Å²) in [5, 5.41) is 2.81. The topological polar surface area (TPSA) is 49.4 Å². The highest BCUT2D eigenvalue weighted by atomic mass is 32.2. The van der Waals surface area contributed by atoms with E-state index in [4.69, 9.17) is 0 Å². The summed E-state index contributed by atoms with van der Waals surface area (Å²) in [6.45, 7) is 2.25. The molecule has 0 atom stereocenters. The lowest BCUT2D eigenvalue weighted by Gasteiger charge is -2.29. The maximum absolute atomic E-state index is 12.7. The van der Waals surface area contributed by atoms with Gasteiger partial charge in [0.25, 0.3) is 0 Å². The molecule has 3 rings (SSSR count). The lowest BCUT2D eigenvalue weighted by molar-refractivity contribution is -0.116. The average molecular weight is 340 g/mol. The van der Waals surface area contributed by atoms with Gasteiger partial charge in [0, 0.05) is 24.1 Å². The number of hydrogen-bond acceptors (Lipinski definition) is 3. The largest absolute Gasteiger partial charge is 0.325 e. The Morgan fingerprint density at radius 1 is 1.12 bits per heavy atom. The van der Waals surface area contributed by atoms with Gasteiger partial charge in [0.1, 0.15) is 0 Å². The van der Waals surface area contributed by atoms with E-state index >= 15 is 0 Å². The smallest absolute Gasteiger partial charge is 0.237 e. The minimum absolute atomic E-state index is 0.102. The van der Waals surface area contributed by atoms with Gasteiger partial charge in [-0.25, -0.2) is 0 Å². The normalized spacial score (nSPS) is 13.3. The first-order chi connectivity index (χ1) is 11.6. The Morgan fingerprint density at radius 2 is 1.88 bits per heavy atom. The van der Waals surface area contributed by atoms with Gasteiger partial charge in [-0.05, 0) is 36.6 Å². The maximum atomic E-state index is 12.7. The number of para-hydroxylation sites is 2. The molecule has 4 nitrogen and oxygen atoms in total. The van der Waals surface area contributed by atoms with E-state index in [0.29, 0.717) is 5.75 Å². The molecular formula is C19H20N2O2S. The van der Waals surface area contributed by atoms with Crippen LogP contribution in [0.2, 0.25) is 0 Å². The van der Waals surface area contributed by atoms with Crippen LogP contribution in [0.15, 0.2) is 53.4 Å². The number of benzene rings is 2. The Balaban J connectivity index is 1.70. The van der Waals surface area contributed by atoms with E-state index < -0.39 is 0 Å². The van der Waals surface area contributed by atoms with Crippen LogP contribution in [-0.4, -0.2) is 24.1 Å². The molecule has 0 saturated heterocycles. The van der Waals surface area contributed by atoms with E-state index in [1.54, 1.807) is 0 Å². The molecule has 124 valence electrons. The summed E-state index contributed by atoms with van der Waals surface area (Å²) in [4.78, 5) is 26.8. The molecule has 2 amide bonds. The van der Waals surface area contributed by atoms with E-state index in [1.807, 2.05) is 47.4 Å². The van der Waals surface area contributed by atoms with Gasteiger partial charge in [-0.3, -0.25) is 9.59 Å². The standard InChI is InChI=1S/C19H20N2O2S/c1-14(22)20-16-9-3-5-11-18(16)24-13-19(23)21-12-6-8-15-7-2-4-10-17(15)21/h2-5,7,9-11H,6,8,12-13H2,1H3,(H,20,22). The summed E-state index contributed by atoms with van der Waals surface area (Å²) in [7, 11) is 0. The highest BCUT2D eigenvalue weighted by molar-refractivity contribution is 8.00. The van der Waals surface area contributed by atoms with Gasteiger partial charge < -0.3 is 10.2 Å². The van der Waals surface area contributed by atoms with Crippen LogP contribution >= 0.6 is 11.8 Å². The van der Waals surface area contributed by atoms with E-state index in [2.05, 4.69) is 11.4 Å². The Kier molecular flexibility index (Phi) is 5.20. The van der Waals surface area contributed by atoms with E-state index in [-0.39, 0.29) is 11.8 Å². The van der Waals surface area contributed by atoms with Crippen molar-refractivity contribution in [1.82, 2.24) is 0 Å². The summed E-state index contributed by atoms with van der Waals surface area (Å²) in [5.74, 6) is 0.342. The van der Waals surface area contributed by atoms with Crippen molar-refractivity contribution in [2.45, 2.75) is 24.7 Å². The van der Waals surface area contributed by atoms with Crippen LogP contribution in [0.1, 0.15) is 18.9 Å². The number of hydrogen-bond donors (Lipinski definition) is 1. The average Bonchev–Trinajstić information content (AvgIpc) is 2.60. The van der Waals surface area contributed by atoms with Crippen molar-refractivity contribution in [2.24, 2.45) is 0 Å². The fourth-order valence-corrected chi connectivity index (χ4v) is 3.78. The fraction of sp³-hybridized carbons (Fsp3) is 0.263. The van der Waals surface area contributed by atoms with Crippen LogP contribution in [-0.2, 0) is 16.0 Å². The molecule has 5 heteroatoms. The van der Waals surface area contributed by atoms with Crippen molar-refractivity contribution in [2.75, 3.05) is 22.5 Å². The Labute approximate surface area is 146 Å². The zero-order chi connectivity index (χ0) is 16.9. The minimum Gasteiger partial charge on any atom is -0.325 e. The van der Waals surface area contributed by atoms with Crippen LogP contribution in [0.4, 0.5) is 11.4 Å². The number of thioether (sulfide) groups is 1. The molecule has 0 aliphatic carbocycles. The number of anilines is 2. The summed E-state index contributed by atoms with van der Waals surface area (Å²) in [6.07, 6.45) is 2.02. The van der Waals surface area contributed by atoms with Crippen molar-refractivity contribution in [3.05, 3.63) is 54.1 Å². The summed E-state index contributed by atoms with van der Waals surface area (Å²) in [5.41, 5.74) is 3.02. The molecule has 0 saturated carbocycles. The number of nitrogens with zero attached hydrogens (tertiary/aromatic N) is 1. The minimum atomic E-state index is -0.112. The van der Waals surface area contributed by atoms with Crippen LogP contribution in [0.25, 0.3) is 0 Å². The molecule has 24 heavy (non-hydrogen) atoms. The van der Waals surface area contributed by atoms with Crippen molar-refractivity contribution >= 4 is 35.0 Å². The van der Waals surface area contributed by atoms with Crippen molar-refractivity contribution < 1.29 is 9.59 Å². The first-order valence-electron chi connectivity index (χ1n) is 8.03. The number of amides is 2. The Morgan fingerprint density at radius 3 is 2.71 bits per heavy atom. The third-order valence-corrected chi connectivity index (χ3v) is 5.02. The number of fused-ring (bicyclic) bond motifs is 1. The second kappa shape index (κ2) is 7.53. The maximum Gasteiger partial charge on any atom is 0.237 e. The molecule has 0 unspecified atom stereocenters. The van der Waals surface area contributed by atoms with Crippen LogP contribution in [0.5, 0.6) is 0 Å².